The Morgan fingerprint density at radius 1 is 1.06 bits per heavy atom. The largest absolute Gasteiger partial charge is 0.378 e. The van der Waals surface area contributed by atoms with Crippen molar-refractivity contribution >= 4 is 23.5 Å². The number of anilines is 2. The highest BCUT2D eigenvalue weighted by Gasteiger charge is 2.18. The molecule has 1 fully saturated rings. The maximum atomic E-state index is 13.4. The van der Waals surface area contributed by atoms with Crippen LogP contribution in [0.3, 0.4) is 0 Å². The number of hydrazone groups is 1. The molecule has 0 aliphatic carbocycles. The first-order valence-electron chi connectivity index (χ1n) is 9.95. The molecule has 0 unspecified atom stereocenters. The summed E-state index contributed by atoms with van der Waals surface area (Å²) in [4.78, 5) is 10.9. The maximum Gasteiger partial charge on any atom is 0.160 e. The van der Waals surface area contributed by atoms with Crippen LogP contribution in [-0.4, -0.2) is 52.1 Å². The number of hydrogen-bond donors (Lipinski definition) is 1. The van der Waals surface area contributed by atoms with E-state index in [1.165, 1.54) is 12.1 Å². The Kier molecular flexibility index (Phi) is 5.24. The van der Waals surface area contributed by atoms with Crippen molar-refractivity contribution in [2.45, 2.75) is 0 Å². The Morgan fingerprint density at radius 2 is 1.90 bits per heavy atom. The summed E-state index contributed by atoms with van der Waals surface area (Å²) in [6, 6.07) is 13.9. The van der Waals surface area contributed by atoms with E-state index in [0.717, 1.165) is 30.2 Å². The van der Waals surface area contributed by atoms with E-state index in [4.69, 9.17) is 9.84 Å². The van der Waals surface area contributed by atoms with Crippen LogP contribution in [0.15, 0.2) is 66.0 Å². The lowest BCUT2D eigenvalue weighted by Gasteiger charge is -2.29. The van der Waals surface area contributed by atoms with E-state index in [9.17, 15) is 4.39 Å². The molecule has 3 aromatic heterocycles. The van der Waals surface area contributed by atoms with Crippen LogP contribution in [0.2, 0.25) is 0 Å². The SMILES string of the molecule is Fc1cccc(/C=N/Nc2cc(N3CCOCC3)n3nc(-c4ccncc4)cc3n2)c1. The molecule has 0 bridgehead atoms. The molecule has 9 heteroatoms. The minimum absolute atomic E-state index is 0.305. The van der Waals surface area contributed by atoms with Crippen molar-refractivity contribution in [2.24, 2.45) is 5.10 Å². The number of ether oxygens (including phenoxy) is 1. The molecule has 8 nitrogen and oxygen atoms in total. The van der Waals surface area contributed by atoms with Crippen molar-refractivity contribution < 1.29 is 9.13 Å². The quantitative estimate of drug-likeness (QED) is 0.397. The van der Waals surface area contributed by atoms with Crippen molar-refractivity contribution in [3.63, 3.8) is 0 Å². The molecular formula is C22H20FN7O. The van der Waals surface area contributed by atoms with Gasteiger partial charge in [-0.2, -0.15) is 14.7 Å². The van der Waals surface area contributed by atoms with Gasteiger partial charge in [-0.3, -0.25) is 10.4 Å². The van der Waals surface area contributed by atoms with Crippen molar-refractivity contribution in [3.8, 4) is 11.3 Å². The van der Waals surface area contributed by atoms with E-state index in [2.05, 4.69) is 25.4 Å². The van der Waals surface area contributed by atoms with Crippen LogP contribution in [-0.2, 0) is 4.74 Å². The van der Waals surface area contributed by atoms with Gasteiger partial charge in [-0.25, -0.2) is 9.37 Å². The molecule has 1 saturated heterocycles. The number of morpholine rings is 1. The lowest BCUT2D eigenvalue weighted by atomic mass is 10.2. The van der Waals surface area contributed by atoms with E-state index >= 15 is 0 Å². The van der Waals surface area contributed by atoms with E-state index in [-0.39, 0.29) is 5.82 Å². The van der Waals surface area contributed by atoms with Gasteiger partial charge in [0.15, 0.2) is 11.5 Å². The fourth-order valence-electron chi connectivity index (χ4n) is 3.46. The van der Waals surface area contributed by atoms with E-state index in [0.29, 0.717) is 30.2 Å². The van der Waals surface area contributed by atoms with Crippen molar-refractivity contribution in [3.05, 3.63) is 72.3 Å². The van der Waals surface area contributed by atoms with Crippen LogP contribution in [0, 0.1) is 5.82 Å². The van der Waals surface area contributed by atoms with E-state index in [1.54, 1.807) is 30.7 Å². The van der Waals surface area contributed by atoms with Crippen molar-refractivity contribution in [2.75, 3.05) is 36.6 Å². The zero-order chi connectivity index (χ0) is 21.0. The molecular weight excluding hydrogens is 397 g/mol. The number of benzene rings is 1. The second kappa shape index (κ2) is 8.49. The van der Waals surface area contributed by atoms with Gasteiger partial charge in [-0.1, -0.05) is 12.1 Å². The molecule has 4 aromatic rings. The van der Waals surface area contributed by atoms with Gasteiger partial charge in [0.05, 0.1) is 25.1 Å². The molecule has 1 aromatic carbocycles. The Labute approximate surface area is 178 Å². The number of aromatic nitrogens is 4. The molecule has 4 heterocycles. The van der Waals surface area contributed by atoms with E-state index < -0.39 is 0 Å². The monoisotopic (exact) mass is 417 g/mol. The molecule has 0 amide bonds. The molecule has 1 aliphatic heterocycles. The molecule has 0 atom stereocenters. The average molecular weight is 417 g/mol. The lowest BCUT2D eigenvalue weighted by molar-refractivity contribution is 0.122. The van der Waals surface area contributed by atoms with Gasteiger partial charge in [-0.05, 0) is 29.8 Å². The van der Waals surface area contributed by atoms with Gasteiger partial charge in [-0.15, -0.1) is 0 Å². The second-order valence-corrected chi connectivity index (χ2v) is 7.06. The van der Waals surface area contributed by atoms with Gasteiger partial charge in [0.1, 0.15) is 11.6 Å². The Morgan fingerprint density at radius 3 is 2.71 bits per heavy atom. The minimum Gasteiger partial charge on any atom is -0.378 e. The summed E-state index contributed by atoms with van der Waals surface area (Å²) in [6.07, 6.45) is 5.04. The normalized spacial score (nSPS) is 14.4. The fraction of sp³-hybridized carbons (Fsp3) is 0.182. The summed E-state index contributed by atoms with van der Waals surface area (Å²) in [5.41, 5.74) is 6.09. The molecule has 0 saturated carbocycles. The molecule has 0 spiro atoms. The molecule has 31 heavy (non-hydrogen) atoms. The molecule has 1 aliphatic rings. The molecule has 0 radical (unpaired) electrons. The Balaban J connectivity index is 1.50. The molecule has 5 rings (SSSR count). The Bertz CT molecular complexity index is 1220. The third kappa shape index (κ3) is 4.22. The highest BCUT2D eigenvalue weighted by molar-refractivity contribution is 5.80. The first-order chi connectivity index (χ1) is 15.3. The number of pyridine rings is 1. The number of nitrogens with zero attached hydrogens (tertiary/aromatic N) is 6. The van der Waals surface area contributed by atoms with Crippen LogP contribution in [0.4, 0.5) is 16.0 Å². The Hall–Kier alpha value is -3.85. The van der Waals surface area contributed by atoms with Crippen LogP contribution >= 0.6 is 0 Å². The summed E-state index contributed by atoms with van der Waals surface area (Å²) >= 11 is 0. The molecule has 1 N–H and O–H groups in total. The van der Waals surface area contributed by atoms with E-state index in [1.807, 2.05) is 28.8 Å². The van der Waals surface area contributed by atoms with Crippen LogP contribution < -0.4 is 10.3 Å². The third-order valence-electron chi connectivity index (χ3n) is 4.96. The first-order valence-corrected chi connectivity index (χ1v) is 9.95. The second-order valence-electron chi connectivity index (χ2n) is 7.06. The zero-order valence-electron chi connectivity index (χ0n) is 16.6. The van der Waals surface area contributed by atoms with Crippen LogP contribution in [0.1, 0.15) is 5.56 Å². The zero-order valence-corrected chi connectivity index (χ0v) is 16.6. The topological polar surface area (TPSA) is 79.9 Å². The highest BCUT2D eigenvalue weighted by atomic mass is 19.1. The van der Waals surface area contributed by atoms with Gasteiger partial charge in [0.25, 0.3) is 0 Å². The number of hydrogen-bond acceptors (Lipinski definition) is 7. The average Bonchev–Trinajstić information content (AvgIpc) is 3.24. The fourth-order valence-corrected chi connectivity index (χ4v) is 3.46. The summed E-state index contributed by atoms with van der Waals surface area (Å²) in [6.45, 7) is 2.83. The standard InChI is InChI=1S/C22H20FN7O/c23-18-3-1-2-16(12-18)15-25-27-20-14-22(29-8-10-31-11-9-29)30-21(26-20)13-19(28-30)17-4-6-24-7-5-17/h1-7,12-15H,8-11H2,(H,26,27)/b25-15+. The summed E-state index contributed by atoms with van der Waals surface area (Å²) in [7, 11) is 0. The summed E-state index contributed by atoms with van der Waals surface area (Å²) in [5.74, 6) is 1.17. The van der Waals surface area contributed by atoms with Gasteiger partial charge >= 0.3 is 0 Å². The smallest absolute Gasteiger partial charge is 0.160 e. The lowest BCUT2D eigenvalue weighted by Crippen LogP contribution is -2.37. The minimum atomic E-state index is -0.305. The number of halogens is 1. The summed E-state index contributed by atoms with van der Waals surface area (Å²) < 4.78 is 20.7. The number of rotatable bonds is 5. The highest BCUT2D eigenvalue weighted by Crippen LogP contribution is 2.25. The van der Waals surface area contributed by atoms with Crippen molar-refractivity contribution in [1.29, 1.82) is 0 Å². The summed E-state index contributed by atoms with van der Waals surface area (Å²) in [5, 5.41) is 9.00. The first kappa shape index (κ1) is 19.1. The number of fused-ring (bicyclic) bond motifs is 1. The van der Waals surface area contributed by atoms with Crippen molar-refractivity contribution in [1.82, 2.24) is 19.6 Å². The third-order valence-corrected chi connectivity index (χ3v) is 4.96. The predicted octanol–water partition coefficient (Wildman–Crippen LogP) is 3.21. The predicted molar refractivity (Wildman–Crippen MR) is 117 cm³/mol. The van der Waals surface area contributed by atoms with Crippen LogP contribution in [0.25, 0.3) is 16.9 Å². The van der Waals surface area contributed by atoms with Crippen LogP contribution in [0.5, 0.6) is 0 Å². The van der Waals surface area contributed by atoms with Gasteiger partial charge in [0.2, 0.25) is 0 Å². The molecule has 156 valence electrons. The maximum absolute atomic E-state index is 13.4. The van der Waals surface area contributed by atoms with Gasteiger partial charge in [0, 0.05) is 43.2 Å². The van der Waals surface area contributed by atoms with Gasteiger partial charge < -0.3 is 9.64 Å². The number of nitrogens with one attached hydrogen (secondary N) is 1.